The van der Waals surface area contributed by atoms with Gasteiger partial charge in [0, 0.05) is 5.56 Å². The van der Waals surface area contributed by atoms with Crippen molar-refractivity contribution < 1.29 is 13.9 Å². The van der Waals surface area contributed by atoms with E-state index in [1.807, 2.05) is 0 Å². The zero-order chi connectivity index (χ0) is 15.6. The highest BCUT2D eigenvalue weighted by Crippen LogP contribution is 2.32. The van der Waals surface area contributed by atoms with Crippen LogP contribution in [0.4, 0.5) is 10.1 Å². The lowest BCUT2D eigenvalue weighted by Gasteiger charge is -2.10. The molecule has 0 spiro atoms. The molecule has 0 aromatic heterocycles. The standard InChI is InChI=1S/C14H9BrCl2FNO2/c1-21-12-3-2-7(4-9(12)15)14(20)19-13-10(16)5-8(18)6-11(13)17/h2-6H,1H3,(H,19,20). The molecule has 1 N–H and O–H groups in total. The average Bonchev–Trinajstić information content (AvgIpc) is 2.42. The van der Waals surface area contributed by atoms with Crippen LogP contribution in [0.25, 0.3) is 0 Å². The van der Waals surface area contributed by atoms with E-state index in [-0.39, 0.29) is 15.7 Å². The number of carbonyl (C=O) groups excluding carboxylic acids is 1. The van der Waals surface area contributed by atoms with E-state index in [1.165, 1.54) is 7.11 Å². The van der Waals surface area contributed by atoms with Gasteiger partial charge in [0.15, 0.2) is 0 Å². The SMILES string of the molecule is COc1ccc(C(=O)Nc2c(Cl)cc(F)cc2Cl)cc1Br. The lowest BCUT2D eigenvalue weighted by molar-refractivity contribution is 0.102. The van der Waals surface area contributed by atoms with Crippen LogP contribution in [0, 0.1) is 5.82 Å². The van der Waals surface area contributed by atoms with E-state index in [0.29, 0.717) is 15.8 Å². The fourth-order valence-corrected chi connectivity index (χ4v) is 2.75. The molecule has 1 amide bonds. The minimum Gasteiger partial charge on any atom is -0.496 e. The molecule has 0 atom stereocenters. The fraction of sp³-hybridized carbons (Fsp3) is 0.0714. The molecule has 21 heavy (non-hydrogen) atoms. The number of hydrogen-bond acceptors (Lipinski definition) is 2. The largest absolute Gasteiger partial charge is 0.496 e. The predicted octanol–water partition coefficient (Wildman–Crippen LogP) is 5.16. The molecule has 0 aliphatic carbocycles. The topological polar surface area (TPSA) is 38.3 Å². The summed E-state index contributed by atoms with van der Waals surface area (Å²) in [5.41, 5.74) is 0.538. The van der Waals surface area contributed by atoms with Crippen molar-refractivity contribution in [3.05, 3.63) is 56.2 Å². The molecule has 0 aliphatic rings. The van der Waals surface area contributed by atoms with Crippen LogP contribution in [-0.2, 0) is 0 Å². The molecule has 0 aliphatic heterocycles. The molecule has 7 heteroatoms. The Balaban J connectivity index is 2.28. The van der Waals surface area contributed by atoms with Crippen LogP contribution in [0.15, 0.2) is 34.8 Å². The van der Waals surface area contributed by atoms with E-state index in [9.17, 15) is 9.18 Å². The smallest absolute Gasteiger partial charge is 0.255 e. The van der Waals surface area contributed by atoms with Gasteiger partial charge in [0.05, 0.1) is 27.3 Å². The van der Waals surface area contributed by atoms with Crippen LogP contribution in [-0.4, -0.2) is 13.0 Å². The Hall–Kier alpha value is -1.30. The van der Waals surface area contributed by atoms with Gasteiger partial charge in [0.1, 0.15) is 11.6 Å². The number of carbonyl (C=O) groups is 1. The van der Waals surface area contributed by atoms with Crippen LogP contribution in [0.3, 0.4) is 0 Å². The molecule has 0 saturated heterocycles. The lowest BCUT2D eigenvalue weighted by atomic mass is 10.2. The van der Waals surface area contributed by atoms with Gasteiger partial charge < -0.3 is 10.1 Å². The first-order valence-corrected chi connectivity index (χ1v) is 7.26. The van der Waals surface area contributed by atoms with Crippen molar-refractivity contribution in [1.29, 1.82) is 0 Å². The second kappa shape index (κ2) is 6.64. The Labute approximate surface area is 139 Å². The zero-order valence-electron chi connectivity index (χ0n) is 10.7. The third kappa shape index (κ3) is 3.67. The Bertz CT molecular complexity index is 686. The summed E-state index contributed by atoms with van der Waals surface area (Å²) in [6.07, 6.45) is 0. The van der Waals surface area contributed by atoms with Crippen molar-refractivity contribution in [3.8, 4) is 5.75 Å². The molecule has 0 heterocycles. The van der Waals surface area contributed by atoms with E-state index in [2.05, 4.69) is 21.2 Å². The number of anilines is 1. The highest BCUT2D eigenvalue weighted by atomic mass is 79.9. The Morgan fingerprint density at radius 2 is 1.86 bits per heavy atom. The van der Waals surface area contributed by atoms with Crippen molar-refractivity contribution in [3.63, 3.8) is 0 Å². The minimum atomic E-state index is -0.574. The number of halogens is 4. The highest BCUT2D eigenvalue weighted by Gasteiger charge is 2.14. The Morgan fingerprint density at radius 1 is 1.24 bits per heavy atom. The summed E-state index contributed by atoms with van der Waals surface area (Å²) in [4.78, 5) is 12.2. The van der Waals surface area contributed by atoms with Gasteiger partial charge in [-0.3, -0.25) is 4.79 Å². The van der Waals surface area contributed by atoms with Crippen LogP contribution >= 0.6 is 39.1 Å². The molecular weight excluding hydrogens is 384 g/mol. The normalized spacial score (nSPS) is 10.3. The number of ether oxygens (including phenoxy) is 1. The molecule has 0 saturated carbocycles. The summed E-state index contributed by atoms with van der Waals surface area (Å²) in [5, 5.41) is 2.61. The van der Waals surface area contributed by atoms with Gasteiger partial charge in [0.2, 0.25) is 0 Å². The number of methoxy groups -OCH3 is 1. The summed E-state index contributed by atoms with van der Waals surface area (Å²) in [7, 11) is 1.53. The van der Waals surface area contributed by atoms with Crippen molar-refractivity contribution in [1.82, 2.24) is 0 Å². The molecule has 2 aromatic carbocycles. The number of rotatable bonds is 3. The Kier molecular flexibility index (Phi) is 5.08. The van der Waals surface area contributed by atoms with Crippen LogP contribution in [0.2, 0.25) is 10.0 Å². The molecule has 3 nitrogen and oxygen atoms in total. The average molecular weight is 393 g/mol. The van der Waals surface area contributed by atoms with Crippen LogP contribution < -0.4 is 10.1 Å². The number of hydrogen-bond donors (Lipinski definition) is 1. The highest BCUT2D eigenvalue weighted by molar-refractivity contribution is 9.10. The van der Waals surface area contributed by atoms with E-state index in [0.717, 1.165) is 12.1 Å². The van der Waals surface area contributed by atoms with Gasteiger partial charge >= 0.3 is 0 Å². The zero-order valence-corrected chi connectivity index (χ0v) is 13.8. The van der Waals surface area contributed by atoms with Crippen LogP contribution in [0.5, 0.6) is 5.75 Å². The van der Waals surface area contributed by atoms with Gasteiger partial charge in [-0.15, -0.1) is 0 Å². The van der Waals surface area contributed by atoms with E-state index >= 15 is 0 Å². The second-order valence-electron chi connectivity index (χ2n) is 4.05. The maximum absolute atomic E-state index is 13.1. The van der Waals surface area contributed by atoms with Crippen molar-refractivity contribution in [2.45, 2.75) is 0 Å². The fourth-order valence-electron chi connectivity index (χ4n) is 1.65. The maximum Gasteiger partial charge on any atom is 0.255 e. The summed E-state index contributed by atoms with van der Waals surface area (Å²) in [5.74, 6) is -0.395. The minimum absolute atomic E-state index is 0.0286. The van der Waals surface area contributed by atoms with Crippen LogP contribution in [0.1, 0.15) is 10.4 Å². The number of nitrogens with one attached hydrogen (secondary N) is 1. The summed E-state index contributed by atoms with van der Waals surface area (Å²) in [6.45, 7) is 0. The first-order valence-electron chi connectivity index (χ1n) is 5.72. The van der Waals surface area contributed by atoms with Gasteiger partial charge in [0.25, 0.3) is 5.91 Å². The number of amides is 1. The number of benzene rings is 2. The van der Waals surface area contributed by atoms with Gasteiger partial charge in [-0.05, 0) is 46.3 Å². The van der Waals surface area contributed by atoms with Gasteiger partial charge in [-0.2, -0.15) is 0 Å². The molecular formula is C14H9BrCl2FNO2. The second-order valence-corrected chi connectivity index (χ2v) is 5.72. The first kappa shape index (κ1) is 16.1. The first-order chi connectivity index (χ1) is 9.92. The van der Waals surface area contributed by atoms with E-state index in [4.69, 9.17) is 27.9 Å². The Morgan fingerprint density at radius 3 is 2.38 bits per heavy atom. The van der Waals surface area contributed by atoms with E-state index in [1.54, 1.807) is 18.2 Å². The molecule has 2 aromatic rings. The lowest BCUT2D eigenvalue weighted by Crippen LogP contribution is -2.12. The monoisotopic (exact) mass is 391 g/mol. The molecule has 110 valence electrons. The third-order valence-corrected chi connectivity index (χ3v) is 3.88. The predicted molar refractivity (Wildman–Crippen MR) is 85.1 cm³/mol. The summed E-state index contributed by atoms with van der Waals surface area (Å²) < 4.78 is 18.8. The quantitative estimate of drug-likeness (QED) is 0.783. The van der Waals surface area contributed by atoms with Crippen molar-refractivity contribution in [2.75, 3.05) is 12.4 Å². The molecule has 0 bridgehead atoms. The van der Waals surface area contributed by atoms with Gasteiger partial charge in [-0.1, -0.05) is 23.2 Å². The third-order valence-electron chi connectivity index (χ3n) is 2.66. The molecule has 0 radical (unpaired) electrons. The van der Waals surface area contributed by atoms with Crippen molar-refractivity contribution in [2.24, 2.45) is 0 Å². The molecule has 0 fully saturated rings. The van der Waals surface area contributed by atoms with Gasteiger partial charge in [-0.25, -0.2) is 4.39 Å². The van der Waals surface area contributed by atoms with E-state index < -0.39 is 11.7 Å². The maximum atomic E-state index is 13.1. The molecule has 2 rings (SSSR count). The van der Waals surface area contributed by atoms with Crippen molar-refractivity contribution >= 4 is 50.7 Å². The molecule has 0 unspecified atom stereocenters. The summed E-state index contributed by atoms with van der Waals surface area (Å²) in [6, 6.07) is 6.98. The summed E-state index contributed by atoms with van der Waals surface area (Å²) >= 11 is 15.0.